The van der Waals surface area contributed by atoms with E-state index in [0.29, 0.717) is 0 Å². The van der Waals surface area contributed by atoms with Crippen molar-refractivity contribution >= 4 is 9.04 Å². The number of allylic oxidation sites excluding steroid dienone is 1. The molecule has 0 saturated carbocycles. The molecule has 0 spiro atoms. The predicted molar refractivity (Wildman–Crippen MR) is 47.3 cm³/mol. The fourth-order valence-corrected chi connectivity index (χ4v) is 1.69. The van der Waals surface area contributed by atoms with Crippen molar-refractivity contribution in [3.05, 3.63) is 11.8 Å². The monoisotopic (exact) mass is 157 g/mol. The zero-order valence-corrected chi connectivity index (χ0v) is 8.18. The molecule has 0 fully saturated rings. The van der Waals surface area contributed by atoms with Gasteiger partial charge in [0, 0.05) is 6.61 Å². The fraction of sp³-hybridized carbons (Fsp3) is 0.750. The van der Waals surface area contributed by atoms with Gasteiger partial charge in [-0.15, -0.1) is 0 Å². The Bertz CT molecular complexity index is 91.3. The van der Waals surface area contributed by atoms with Crippen molar-refractivity contribution in [1.29, 1.82) is 0 Å². The van der Waals surface area contributed by atoms with Crippen molar-refractivity contribution < 1.29 is 4.43 Å². The lowest BCUT2D eigenvalue weighted by atomic mass is 10.4. The second kappa shape index (κ2) is 7.03. The quantitative estimate of drug-likeness (QED) is 0.440. The normalized spacial score (nSPS) is 11.6. The van der Waals surface area contributed by atoms with Crippen LogP contribution in [0.2, 0.25) is 6.55 Å². The third-order valence-electron chi connectivity index (χ3n) is 1.23. The van der Waals surface area contributed by atoms with Gasteiger partial charge in [0.05, 0.1) is 0 Å². The highest BCUT2D eigenvalue weighted by molar-refractivity contribution is 6.56. The van der Waals surface area contributed by atoms with E-state index >= 15 is 0 Å². The first-order chi connectivity index (χ1) is 4.81. The molecular formula is C8H17OSi. The lowest BCUT2D eigenvalue weighted by molar-refractivity contribution is 0.320. The maximum absolute atomic E-state index is 5.54. The maximum Gasteiger partial charge on any atom is 0.235 e. The van der Waals surface area contributed by atoms with Gasteiger partial charge in [-0.25, -0.2) is 0 Å². The third kappa shape index (κ3) is 6.04. The van der Waals surface area contributed by atoms with E-state index in [4.69, 9.17) is 4.43 Å². The van der Waals surface area contributed by atoms with Crippen LogP contribution in [-0.2, 0) is 4.43 Å². The van der Waals surface area contributed by atoms with E-state index in [1.165, 1.54) is 12.8 Å². The molecule has 0 amide bonds. The van der Waals surface area contributed by atoms with Crippen molar-refractivity contribution in [2.45, 2.75) is 33.2 Å². The molecule has 0 bridgehead atoms. The van der Waals surface area contributed by atoms with Crippen LogP contribution in [0.3, 0.4) is 0 Å². The minimum atomic E-state index is -0.594. The SMILES string of the molecule is C/C=C/[Si](C)OCCCC. The van der Waals surface area contributed by atoms with Crippen LogP contribution in [0.25, 0.3) is 0 Å². The van der Waals surface area contributed by atoms with Gasteiger partial charge in [-0.1, -0.05) is 25.1 Å². The van der Waals surface area contributed by atoms with E-state index in [2.05, 4.69) is 25.2 Å². The van der Waals surface area contributed by atoms with Gasteiger partial charge in [-0.2, -0.15) is 0 Å². The largest absolute Gasteiger partial charge is 0.413 e. The van der Waals surface area contributed by atoms with E-state index < -0.39 is 9.04 Å². The Morgan fingerprint density at radius 3 is 2.70 bits per heavy atom. The summed E-state index contributed by atoms with van der Waals surface area (Å²) in [4.78, 5) is 0. The molecule has 0 aliphatic carbocycles. The minimum Gasteiger partial charge on any atom is -0.413 e. The van der Waals surface area contributed by atoms with E-state index in [-0.39, 0.29) is 0 Å². The molecular weight excluding hydrogens is 140 g/mol. The Morgan fingerprint density at radius 2 is 2.20 bits per heavy atom. The van der Waals surface area contributed by atoms with Gasteiger partial charge in [0.15, 0.2) is 0 Å². The summed E-state index contributed by atoms with van der Waals surface area (Å²) >= 11 is 0. The highest BCUT2D eigenvalue weighted by atomic mass is 28.3. The molecule has 0 aliphatic rings. The van der Waals surface area contributed by atoms with E-state index in [0.717, 1.165) is 6.61 Å². The average Bonchev–Trinajstić information content (AvgIpc) is 1.89. The third-order valence-corrected chi connectivity index (χ3v) is 2.69. The van der Waals surface area contributed by atoms with Gasteiger partial charge >= 0.3 is 0 Å². The predicted octanol–water partition coefficient (Wildman–Crippen LogP) is 2.54. The Hall–Kier alpha value is -0.0831. The first kappa shape index (κ1) is 9.92. The topological polar surface area (TPSA) is 9.23 Å². The van der Waals surface area contributed by atoms with Crippen LogP contribution >= 0.6 is 0 Å². The van der Waals surface area contributed by atoms with Gasteiger partial charge in [0.1, 0.15) is 0 Å². The molecule has 2 heteroatoms. The highest BCUT2D eigenvalue weighted by Crippen LogP contribution is 1.92. The van der Waals surface area contributed by atoms with Crippen LogP contribution in [0, 0.1) is 0 Å². The molecule has 1 nitrogen and oxygen atoms in total. The van der Waals surface area contributed by atoms with Gasteiger partial charge in [-0.05, 0) is 19.9 Å². The summed E-state index contributed by atoms with van der Waals surface area (Å²) in [5.74, 6) is 0. The molecule has 0 aliphatic heterocycles. The molecule has 0 heterocycles. The standard InChI is InChI=1S/C8H17OSi/c1-4-6-7-9-10(3)8-5-2/h5,8H,4,6-7H2,1-3H3/b8-5+. The second-order valence-electron chi connectivity index (χ2n) is 2.31. The van der Waals surface area contributed by atoms with Crippen molar-refractivity contribution in [3.8, 4) is 0 Å². The van der Waals surface area contributed by atoms with Crippen molar-refractivity contribution in [1.82, 2.24) is 0 Å². The molecule has 0 aromatic rings. The van der Waals surface area contributed by atoms with Crippen LogP contribution in [-0.4, -0.2) is 15.6 Å². The number of hydrogen-bond acceptors (Lipinski definition) is 1. The number of unbranched alkanes of at least 4 members (excludes halogenated alkanes) is 1. The Kier molecular flexibility index (Phi) is 6.97. The molecule has 0 atom stereocenters. The molecule has 0 unspecified atom stereocenters. The smallest absolute Gasteiger partial charge is 0.235 e. The van der Waals surface area contributed by atoms with Crippen LogP contribution in [0.5, 0.6) is 0 Å². The zero-order chi connectivity index (χ0) is 7.82. The summed E-state index contributed by atoms with van der Waals surface area (Å²) < 4.78 is 5.54. The van der Waals surface area contributed by atoms with Gasteiger partial charge in [-0.3, -0.25) is 0 Å². The summed E-state index contributed by atoms with van der Waals surface area (Å²) in [6.45, 7) is 7.32. The van der Waals surface area contributed by atoms with Crippen LogP contribution in [0.4, 0.5) is 0 Å². The summed E-state index contributed by atoms with van der Waals surface area (Å²) in [5.41, 5.74) is 2.17. The molecule has 1 radical (unpaired) electrons. The lowest BCUT2D eigenvalue weighted by Gasteiger charge is -2.04. The van der Waals surface area contributed by atoms with Crippen LogP contribution < -0.4 is 0 Å². The maximum atomic E-state index is 5.54. The molecule has 0 rings (SSSR count). The second-order valence-corrected chi connectivity index (χ2v) is 4.16. The molecule has 0 N–H and O–H groups in total. The molecule has 0 aromatic heterocycles. The first-order valence-electron chi connectivity index (χ1n) is 3.90. The average molecular weight is 157 g/mol. The van der Waals surface area contributed by atoms with Crippen molar-refractivity contribution in [3.63, 3.8) is 0 Å². The Morgan fingerprint density at radius 1 is 1.50 bits per heavy atom. The van der Waals surface area contributed by atoms with E-state index in [1.807, 2.05) is 6.92 Å². The zero-order valence-electron chi connectivity index (χ0n) is 7.18. The van der Waals surface area contributed by atoms with Gasteiger partial charge in [0.25, 0.3) is 0 Å². The molecule has 0 saturated heterocycles. The van der Waals surface area contributed by atoms with Gasteiger partial charge in [0.2, 0.25) is 9.04 Å². The molecule has 10 heavy (non-hydrogen) atoms. The van der Waals surface area contributed by atoms with Crippen molar-refractivity contribution in [2.75, 3.05) is 6.61 Å². The molecule has 0 aromatic carbocycles. The molecule has 59 valence electrons. The Balaban J connectivity index is 3.13. The number of hydrogen-bond donors (Lipinski definition) is 0. The van der Waals surface area contributed by atoms with E-state index in [1.54, 1.807) is 0 Å². The lowest BCUT2D eigenvalue weighted by Crippen LogP contribution is -2.10. The van der Waals surface area contributed by atoms with Crippen LogP contribution in [0.1, 0.15) is 26.7 Å². The van der Waals surface area contributed by atoms with Crippen molar-refractivity contribution in [2.24, 2.45) is 0 Å². The van der Waals surface area contributed by atoms with Crippen LogP contribution in [0.15, 0.2) is 11.8 Å². The van der Waals surface area contributed by atoms with Gasteiger partial charge < -0.3 is 4.43 Å². The first-order valence-corrected chi connectivity index (χ1v) is 5.88. The van der Waals surface area contributed by atoms with E-state index in [9.17, 15) is 0 Å². The number of rotatable bonds is 5. The minimum absolute atomic E-state index is 0.594. The summed E-state index contributed by atoms with van der Waals surface area (Å²) in [7, 11) is -0.594. The summed E-state index contributed by atoms with van der Waals surface area (Å²) in [5, 5.41) is 0. The summed E-state index contributed by atoms with van der Waals surface area (Å²) in [6, 6.07) is 0. The highest BCUT2D eigenvalue weighted by Gasteiger charge is 1.97. The fourth-order valence-electron chi connectivity index (χ4n) is 0.660. The summed E-state index contributed by atoms with van der Waals surface area (Å²) in [6.07, 6.45) is 4.49. The Labute approximate surface area is 65.8 Å².